The zero-order chi connectivity index (χ0) is 11.5. The topological polar surface area (TPSA) is 70.9 Å². The van der Waals surface area contributed by atoms with E-state index in [9.17, 15) is 4.79 Å². The molecular formula is C10H10IN3O2. The van der Waals surface area contributed by atoms with Gasteiger partial charge in [0.25, 0.3) is 5.56 Å². The van der Waals surface area contributed by atoms with Crippen LogP contribution in [0, 0.1) is 10.5 Å². The lowest BCUT2D eigenvalue weighted by Crippen LogP contribution is -2.14. The highest BCUT2D eigenvalue weighted by Crippen LogP contribution is 2.12. The first kappa shape index (κ1) is 11.2. The summed E-state index contributed by atoms with van der Waals surface area (Å²) in [6.45, 7) is 2.40. The van der Waals surface area contributed by atoms with Gasteiger partial charge in [-0.15, -0.1) is 0 Å². The summed E-state index contributed by atoms with van der Waals surface area (Å²) in [5.74, 6) is 2.25. The maximum absolute atomic E-state index is 11.3. The Morgan fingerprint density at radius 2 is 2.38 bits per heavy atom. The van der Waals surface area contributed by atoms with E-state index in [2.05, 4.69) is 15.3 Å². The van der Waals surface area contributed by atoms with E-state index in [1.807, 2.05) is 41.6 Å². The normalized spacial score (nSPS) is 10.4. The molecule has 2 N–H and O–H groups in total. The number of nitrogens with one attached hydrogen (secondary N) is 2. The molecule has 0 atom stereocenters. The van der Waals surface area contributed by atoms with E-state index in [1.165, 1.54) is 6.33 Å². The molecule has 16 heavy (non-hydrogen) atoms. The van der Waals surface area contributed by atoms with Crippen molar-refractivity contribution in [3.8, 4) is 0 Å². The zero-order valence-corrected chi connectivity index (χ0v) is 10.7. The van der Waals surface area contributed by atoms with Gasteiger partial charge in [-0.3, -0.25) is 4.79 Å². The Balaban J connectivity index is 2.10. The average molecular weight is 331 g/mol. The van der Waals surface area contributed by atoms with Crippen LogP contribution in [0.4, 0.5) is 5.82 Å². The summed E-state index contributed by atoms with van der Waals surface area (Å²) in [4.78, 5) is 17.8. The van der Waals surface area contributed by atoms with Crippen LogP contribution in [0.2, 0.25) is 0 Å². The lowest BCUT2D eigenvalue weighted by molar-refractivity contribution is 0.490. The molecule has 2 aromatic rings. The van der Waals surface area contributed by atoms with Crippen LogP contribution in [-0.4, -0.2) is 9.97 Å². The first-order valence-electron chi connectivity index (χ1n) is 4.69. The van der Waals surface area contributed by atoms with E-state index in [0.717, 1.165) is 11.5 Å². The van der Waals surface area contributed by atoms with Gasteiger partial charge in [0.05, 0.1) is 12.9 Å². The molecule has 0 radical (unpaired) electrons. The van der Waals surface area contributed by atoms with Crippen LogP contribution in [0.5, 0.6) is 0 Å². The number of furan rings is 1. The molecule has 0 aromatic carbocycles. The number of aromatic amines is 1. The fraction of sp³-hybridized carbons (Fsp3) is 0.200. The number of anilines is 1. The highest BCUT2D eigenvalue weighted by atomic mass is 127. The molecule has 0 aliphatic heterocycles. The Hall–Kier alpha value is -1.31. The molecule has 0 fully saturated rings. The minimum Gasteiger partial charge on any atom is -0.465 e. The van der Waals surface area contributed by atoms with E-state index in [4.69, 9.17) is 4.42 Å². The highest BCUT2D eigenvalue weighted by molar-refractivity contribution is 14.1. The predicted octanol–water partition coefficient (Wildman–Crippen LogP) is 1.89. The Labute approximate surface area is 105 Å². The summed E-state index contributed by atoms with van der Waals surface area (Å²) in [5.41, 5.74) is -0.145. The lowest BCUT2D eigenvalue weighted by Gasteiger charge is -2.04. The summed E-state index contributed by atoms with van der Waals surface area (Å²) in [7, 11) is 0. The quantitative estimate of drug-likeness (QED) is 0.843. The van der Waals surface area contributed by atoms with Crippen LogP contribution in [0.3, 0.4) is 0 Å². The van der Waals surface area contributed by atoms with Crippen molar-refractivity contribution in [3.63, 3.8) is 0 Å². The molecule has 2 aromatic heterocycles. The lowest BCUT2D eigenvalue weighted by atomic mass is 10.4. The minimum atomic E-state index is -0.145. The molecule has 2 heterocycles. The SMILES string of the molecule is Cc1ccc(CNc2nc[nH]c(=O)c2I)o1. The van der Waals surface area contributed by atoms with Gasteiger partial charge in [-0.2, -0.15) is 0 Å². The molecule has 2 rings (SSSR count). The molecule has 0 aliphatic rings. The van der Waals surface area contributed by atoms with Gasteiger partial charge in [-0.25, -0.2) is 4.98 Å². The van der Waals surface area contributed by atoms with Gasteiger partial charge in [0, 0.05) is 0 Å². The summed E-state index contributed by atoms with van der Waals surface area (Å²) < 4.78 is 5.94. The summed E-state index contributed by atoms with van der Waals surface area (Å²) in [6.07, 6.45) is 1.38. The number of hydrogen-bond acceptors (Lipinski definition) is 4. The van der Waals surface area contributed by atoms with Gasteiger partial charge in [-0.1, -0.05) is 0 Å². The van der Waals surface area contributed by atoms with Crippen molar-refractivity contribution in [2.75, 3.05) is 5.32 Å². The molecule has 0 bridgehead atoms. The number of halogens is 1. The van der Waals surface area contributed by atoms with E-state index in [0.29, 0.717) is 15.9 Å². The van der Waals surface area contributed by atoms with Crippen molar-refractivity contribution >= 4 is 28.4 Å². The number of rotatable bonds is 3. The van der Waals surface area contributed by atoms with E-state index >= 15 is 0 Å². The molecule has 0 unspecified atom stereocenters. The van der Waals surface area contributed by atoms with Gasteiger partial charge >= 0.3 is 0 Å². The maximum Gasteiger partial charge on any atom is 0.266 e. The highest BCUT2D eigenvalue weighted by Gasteiger charge is 2.05. The van der Waals surface area contributed by atoms with Crippen LogP contribution in [0.15, 0.2) is 27.7 Å². The fourth-order valence-electron chi connectivity index (χ4n) is 1.26. The Morgan fingerprint density at radius 3 is 3.06 bits per heavy atom. The second kappa shape index (κ2) is 4.69. The van der Waals surface area contributed by atoms with Crippen molar-refractivity contribution in [2.24, 2.45) is 0 Å². The first-order chi connectivity index (χ1) is 7.66. The van der Waals surface area contributed by atoms with Gasteiger partial charge in [0.2, 0.25) is 0 Å². The number of H-pyrrole nitrogens is 1. The summed E-state index contributed by atoms with van der Waals surface area (Å²) in [6, 6.07) is 3.79. The van der Waals surface area contributed by atoms with E-state index < -0.39 is 0 Å². The van der Waals surface area contributed by atoms with Crippen molar-refractivity contribution in [3.05, 3.63) is 43.9 Å². The molecule has 0 spiro atoms. The van der Waals surface area contributed by atoms with Crippen LogP contribution >= 0.6 is 22.6 Å². The molecule has 0 saturated carbocycles. The second-order valence-electron chi connectivity index (χ2n) is 3.26. The predicted molar refractivity (Wildman–Crippen MR) is 68.3 cm³/mol. The Morgan fingerprint density at radius 1 is 1.56 bits per heavy atom. The number of aromatic nitrogens is 2. The van der Waals surface area contributed by atoms with Crippen LogP contribution < -0.4 is 10.9 Å². The summed E-state index contributed by atoms with van der Waals surface area (Å²) >= 11 is 1.95. The van der Waals surface area contributed by atoms with E-state index in [-0.39, 0.29) is 5.56 Å². The van der Waals surface area contributed by atoms with Crippen molar-refractivity contribution in [2.45, 2.75) is 13.5 Å². The van der Waals surface area contributed by atoms with Crippen LogP contribution in [0.1, 0.15) is 11.5 Å². The molecular weight excluding hydrogens is 321 g/mol. The van der Waals surface area contributed by atoms with Crippen molar-refractivity contribution in [1.82, 2.24) is 9.97 Å². The van der Waals surface area contributed by atoms with Crippen molar-refractivity contribution in [1.29, 1.82) is 0 Å². The van der Waals surface area contributed by atoms with Crippen LogP contribution in [-0.2, 0) is 6.54 Å². The third-order valence-electron chi connectivity index (χ3n) is 2.02. The fourth-order valence-corrected chi connectivity index (χ4v) is 1.74. The Kier molecular flexibility index (Phi) is 3.28. The monoisotopic (exact) mass is 331 g/mol. The second-order valence-corrected chi connectivity index (χ2v) is 4.34. The minimum absolute atomic E-state index is 0.145. The summed E-state index contributed by atoms with van der Waals surface area (Å²) in [5, 5.41) is 3.05. The third-order valence-corrected chi connectivity index (χ3v) is 3.02. The maximum atomic E-state index is 11.3. The van der Waals surface area contributed by atoms with Gasteiger partial charge in [0.15, 0.2) is 0 Å². The zero-order valence-electron chi connectivity index (χ0n) is 8.58. The van der Waals surface area contributed by atoms with Gasteiger partial charge < -0.3 is 14.7 Å². The van der Waals surface area contributed by atoms with Gasteiger partial charge in [-0.05, 0) is 41.6 Å². The smallest absolute Gasteiger partial charge is 0.266 e. The Bertz CT molecular complexity index is 547. The van der Waals surface area contributed by atoms with Gasteiger partial charge in [0.1, 0.15) is 20.9 Å². The molecule has 0 saturated heterocycles. The van der Waals surface area contributed by atoms with E-state index in [1.54, 1.807) is 0 Å². The first-order valence-corrected chi connectivity index (χ1v) is 5.77. The molecule has 0 amide bonds. The molecule has 5 nitrogen and oxygen atoms in total. The van der Waals surface area contributed by atoms with Crippen molar-refractivity contribution < 1.29 is 4.42 Å². The number of nitrogens with zero attached hydrogens (tertiary/aromatic N) is 1. The number of aryl methyl sites for hydroxylation is 1. The average Bonchev–Trinajstić information content (AvgIpc) is 2.67. The standard InChI is InChI=1S/C10H10IN3O2/c1-6-2-3-7(16-6)4-12-9-8(11)10(15)14-5-13-9/h2-3,5H,4H2,1H3,(H2,12,13,14,15). The number of hydrogen-bond donors (Lipinski definition) is 2. The molecule has 84 valence electrons. The van der Waals surface area contributed by atoms with Crippen LogP contribution in [0.25, 0.3) is 0 Å². The molecule has 6 heteroatoms. The third kappa shape index (κ3) is 2.43. The molecule has 0 aliphatic carbocycles. The largest absolute Gasteiger partial charge is 0.465 e.